The zero-order chi connectivity index (χ0) is 13.7. The predicted octanol–water partition coefficient (Wildman–Crippen LogP) is 1.41. The molecule has 2 rings (SSSR count). The van der Waals surface area contributed by atoms with Crippen molar-refractivity contribution in [2.75, 3.05) is 24.5 Å². The molecule has 3 N–H and O–H groups in total. The first-order chi connectivity index (χ1) is 9.22. The largest absolute Gasteiger partial charge is 0.497 e. The van der Waals surface area contributed by atoms with Gasteiger partial charge in [0.15, 0.2) is 5.82 Å². The number of nitrogens with one attached hydrogen (secondary N) is 1. The minimum atomic E-state index is 0.552. The number of ether oxygens (including phenoxy) is 1. The number of hydrazine groups is 1. The Morgan fingerprint density at radius 3 is 2.47 bits per heavy atom. The lowest BCUT2D eigenvalue weighted by Gasteiger charge is -2.19. The zero-order valence-corrected chi connectivity index (χ0v) is 11.0. The maximum Gasteiger partial charge on any atom is 0.158 e. The van der Waals surface area contributed by atoms with E-state index in [0.717, 1.165) is 17.1 Å². The number of anilines is 2. The molecular weight excluding hydrogens is 242 g/mol. The second-order valence-electron chi connectivity index (χ2n) is 4.09. The first kappa shape index (κ1) is 13.1. The van der Waals surface area contributed by atoms with E-state index in [-0.39, 0.29) is 0 Å². The van der Waals surface area contributed by atoms with Crippen LogP contribution in [0.5, 0.6) is 5.75 Å². The van der Waals surface area contributed by atoms with Gasteiger partial charge < -0.3 is 15.1 Å². The van der Waals surface area contributed by atoms with Crippen LogP contribution in [0.3, 0.4) is 0 Å². The van der Waals surface area contributed by atoms with Crippen molar-refractivity contribution in [1.82, 2.24) is 9.97 Å². The molecule has 2 aromatic rings. The first-order valence-electron chi connectivity index (χ1n) is 5.85. The predicted molar refractivity (Wildman–Crippen MR) is 74.9 cm³/mol. The highest BCUT2D eigenvalue weighted by Gasteiger charge is 2.04. The van der Waals surface area contributed by atoms with Crippen LogP contribution in [0.15, 0.2) is 36.7 Å². The van der Waals surface area contributed by atoms with Crippen molar-refractivity contribution in [3.63, 3.8) is 0 Å². The summed E-state index contributed by atoms with van der Waals surface area (Å²) in [6, 6.07) is 7.86. The molecule has 0 atom stereocenters. The van der Waals surface area contributed by atoms with Crippen LogP contribution in [0, 0.1) is 0 Å². The van der Waals surface area contributed by atoms with Gasteiger partial charge in [-0.05, 0) is 24.3 Å². The van der Waals surface area contributed by atoms with Gasteiger partial charge in [0.2, 0.25) is 0 Å². The van der Waals surface area contributed by atoms with Gasteiger partial charge in [0, 0.05) is 12.7 Å². The SMILES string of the molecule is COc1ccc(N(C)Cc2cnc(NN)cn2)cc1. The number of hydrogen-bond donors (Lipinski definition) is 2. The Labute approximate surface area is 112 Å². The highest BCUT2D eigenvalue weighted by molar-refractivity contribution is 5.48. The molecule has 0 aliphatic rings. The highest BCUT2D eigenvalue weighted by Crippen LogP contribution is 2.19. The molecule has 0 aliphatic carbocycles. The van der Waals surface area contributed by atoms with Gasteiger partial charge in [-0.1, -0.05) is 0 Å². The first-order valence-corrected chi connectivity index (χ1v) is 5.85. The fourth-order valence-electron chi connectivity index (χ4n) is 1.68. The van der Waals surface area contributed by atoms with Crippen molar-refractivity contribution in [3.8, 4) is 5.75 Å². The van der Waals surface area contributed by atoms with E-state index in [1.54, 1.807) is 19.5 Å². The molecule has 6 nitrogen and oxygen atoms in total. The third-order valence-electron chi connectivity index (χ3n) is 2.77. The molecule has 0 amide bonds. The molecule has 0 saturated carbocycles. The summed E-state index contributed by atoms with van der Waals surface area (Å²) in [5.74, 6) is 6.64. The summed E-state index contributed by atoms with van der Waals surface area (Å²) in [6.07, 6.45) is 3.31. The highest BCUT2D eigenvalue weighted by atomic mass is 16.5. The van der Waals surface area contributed by atoms with Crippen molar-refractivity contribution in [1.29, 1.82) is 0 Å². The van der Waals surface area contributed by atoms with Crippen molar-refractivity contribution in [2.45, 2.75) is 6.54 Å². The molecule has 0 aliphatic heterocycles. The van der Waals surface area contributed by atoms with E-state index in [0.29, 0.717) is 12.4 Å². The fourth-order valence-corrected chi connectivity index (χ4v) is 1.68. The second-order valence-corrected chi connectivity index (χ2v) is 4.09. The third-order valence-corrected chi connectivity index (χ3v) is 2.77. The maximum atomic E-state index is 5.24. The molecule has 6 heteroatoms. The average Bonchev–Trinajstić information content (AvgIpc) is 2.48. The summed E-state index contributed by atoms with van der Waals surface area (Å²) < 4.78 is 5.13. The smallest absolute Gasteiger partial charge is 0.158 e. The lowest BCUT2D eigenvalue weighted by atomic mass is 10.2. The van der Waals surface area contributed by atoms with Gasteiger partial charge in [0.25, 0.3) is 0 Å². The Hall–Kier alpha value is -2.34. The van der Waals surface area contributed by atoms with Gasteiger partial charge in [0.1, 0.15) is 5.75 Å². The van der Waals surface area contributed by atoms with Gasteiger partial charge in [0.05, 0.1) is 31.7 Å². The molecule has 0 saturated heterocycles. The van der Waals surface area contributed by atoms with Gasteiger partial charge >= 0.3 is 0 Å². The molecule has 0 bridgehead atoms. The van der Waals surface area contributed by atoms with E-state index in [2.05, 4.69) is 20.3 Å². The van der Waals surface area contributed by atoms with Crippen LogP contribution < -0.4 is 20.9 Å². The molecular formula is C13H17N5O. The van der Waals surface area contributed by atoms with Crippen LogP contribution in [-0.2, 0) is 6.54 Å². The molecule has 0 spiro atoms. The molecule has 19 heavy (non-hydrogen) atoms. The zero-order valence-electron chi connectivity index (χ0n) is 11.0. The number of nitrogens with zero attached hydrogens (tertiary/aromatic N) is 3. The summed E-state index contributed by atoms with van der Waals surface area (Å²) in [5, 5.41) is 0. The van der Waals surface area contributed by atoms with Crippen LogP contribution in [0.25, 0.3) is 0 Å². The quantitative estimate of drug-likeness (QED) is 0.624. The number of hydrogen-bond acceptors (Lipinski definition) is 6. The number of benzene rings is 1. The van der Waals surface area contributed by atoms with E-state index in [1.807, 2.05) is 31.3 Å². The van der Waals surface area contributed by atoms with Crippen LogP contribution in [0.1, 0.15) is 5.69 Å². The molecule has 1 aromatic heterocycles. The maximum absolute atomic E-state index is 5.24. The number of methoxy groups -OCH3 is 1. The van der Waals surface area contributed by atoms with E-state index in [4.69, 9.17) is 10.6 Å². The van der Waals surface area contributed by atoms with Gasteiger partial charge in [-0.3, -0.25) is 4.98 Å². The number of nitrogen functional groups attached to an aromatic ring is 1. The van der Waals surface area contributed by atoms with Crippen LogP contribution >= 0.6 is 0 Å². The lowest BCUT2D eigenvalue weighted by molar-refractivity contribution is 0.415. The van der Waals surface area contributed by atoms with Crippen molar-refractivity contribution >= 4 is 11.5 Å². The molecule has 0 fully saturated rings. The summed E-state index contributed by atoms with van der Waals surface area (Å²) in [6.45, 7) is 0.671. The average molecular weight is 259 g/mol. The minimum absolute atomic E-state index is 0.552. The summed E-state index contributed by atoms with van der Waals surface area (Å²) >= 11 is 0. The third kappa shape index (κ3) is 3.32. The summed E-state index contributed by atoms with van der Waals surface area (Å²) in [5.41, 5.74) is 4.41. The standard InChI is InChI=1S/C13H17N5O/c1-18(11-3-5-12(19-2)6-4-11)9-10-7-16-13(17-14)8-15-10/h3-8H,9,14H2,1-2H3,(H,16,17). The molecule has 1 aromatic carbocycles. The lowest BCUT2D eigenvalue weighted by Crippen LogP contribution is -2.17. The Bertz CT molecular complexity index is 512. The molecule has 0 unspecified atom stereocenters. The minimum Gasteiger partial charge on any atom is -0.497 e. The van der Waals surface area contributed by atoms with Crippen LogP contribution in [0.4, 0.5) is 11.5 Å². The molecule has 0 radical (unpaired) electrons. The Morgan fingerprint density at radius 2 is 1.95 bits per heavy atom. The van der Waals surface area contributed by atoms with Gasteiger partial charge in [-0.25, -0.2) is 10.8 Å². The summed E-state index contributed by atoms with van der Waals surface area (Å²) in [4.78, 5) is 10.5. The van der Waals surface area contributed by atoms with Gasteiger partial charge in [-0.15, -0.1) is 0 Å². The molecule has 1 heterocycles. The van der Waals surface area contributed by atoms with Crippen molar-refractivity contribution < 1.29 is 4.74 Å². The van der Waals surface area contributed by atoms with Crippen LogP contribution in [0.2, 0.25) is 0 Å². The van der Waals surface area contributed by atoms with E-state index < -0.39 is 0 Å². The Morgan fingerprint density at radius 1 is 1.21 bits per heavy atom. The topological polar surface area (TPSA) is 76.3 Å². The summed E-state index contributed by atoms with van der Waals surface area (Å²) in [7, 11) is 3.65. The second kappa shape index (κ2) is 6.01. The van der Waals surface area contributed by atoms with Gasteiger partial charge in [-0.2, -0.15) is 0 Å². The normalized spacial score (nSPS) is 10.1. The monoisotopic (exact) mass is 259 g/mol. The number of aromatic nitrogens is 2. The van der Waals surface area contributed by atoms with E-state index in [9.17, 15) is 0 Å². The van der Waals surface area contributed by atoms with Crippen molar-refractivity contribution in [3.05, 3.63) is 42.4 Å². The molecule has 100 valence electrons. The Balaban J connectivity index is 2.04. The van der Waals surface area contributed by atoms with E-state index in [1.165, 1.54) is 0 Å². The Kier molecular flexibility index (Phi) is 4.15. The number of nitrogens with two attached hydrogens (primary N) is 1. The van der Waals surface area contributed by atoms with E-state index >= 15 is 0 Å². The number of rotatable bonds is 5. The van der Waals surface area contributed by atoms with Crippen molar-refractivity contribution in [2.24, 2.45) is 5.84 Å². The fraction of sp³-hybridized carbons (Fsp3) is 0.231. The van der Waals surface area contributed by atoms with Crippen LogP contribution in [-0.4, -0.2) is 24.1 Å².